The summed E-state index contributed by atoms with van der Waals surface area (Å²) >= 11 is 0. The first-order chi connectivity index (χ1) is 6.90. The molecule has 5 heteroatoms. The molecule has 14 heavy (non-hydrogen) atoms. The van der Waals surface area contributed by atoms with Crippen molar-refractivity contribution in [3.8, 4) is 0 Å². The molecular weight excluding hydrogens is 178 g/mol. The van der Waals surface area contributed by atoms with Gasteiger partial charge in [0.05, 0.1) is 6.20 Å². The molecule has 2 aromatic rings. The molecule has 2 rings (SSSR count). The zero-order valence-corrected chi connectivity index (χ0v) is 7.57. The van der Waals surface area contributed by atoms with Crippen LogP contribution in [0, 0.1) is 0 Å². The topological polar surface area (TPSA) is 79.6 Å². The third-order valence-corrected chi connectivity index (χ3v) is 1.86. The predicted molar refractivity (Wildman–Crippen MR) is 54.0 cm³/mol. The minimum absolute atomic E-state index is 0.463. The third-order valence-electron chi connectivity index (χ3n) is 1.86. The average Bonchev–Trinajstić information content (AvgIpc) is 2.71. The summed E-state index contributed by atoms with van der Waals surface area (Å²) in [4.78, 5) is 4.19. The third kappa shape index (κ3) is 1.72. The first kappa shape index (κ1) is 8.71. The predicted octanol–water partition coefficient (Wildman–Crippen LogP) is 1.01. The van der Waals surface area contributed by atoms with Gasteiger partial charge in [-0.25, -0.2) is 4.98 Å². The van der Waals surface area contributed by atoms with Gasteiger partial charge in [0, 0.05) is 24.4 Å². The van der Waals surface area contributed by atoms with Gasteiger partial charge in [0.2, 0.25) is 0 Å². The van der Waals surface area contributed by atoms with Crippen molar-refractivity contribution in [3.05, 3.63) is 36.2 Å². The van der Waals surface area contributed by atoms with Gasteiger partial charge < -0.3 is 11.1 Å². The highest BCUT2D eigenvalue weighted by atomic mass is 15.2. The number of hydrogen-bond donors (Lipinski definition) is 3. The lowest BCUT2D eigenvalue weighted by atomic mass is 10.2. The number of aromatic amines is 1. The lowest BCUT2D eigenvalue weighted by Crippen LogP contribution is -2.03. The molecule has 0 aliphatic carbocycles. The molecule has 4 N–H and O–H groups in total. The van der Waals surface area contributed by atoms with Gasteiger partial charge >= 0.3 is 0 Å². The molecule has 0 amide bonds. The van der Waals surface area contributed by atoms with Crippen LogP contribution in [0.2, 0.25) is 0 Å². The second kappa shape index (κ2) is 3.89. The van der Waals surface area contributed by atoms with E-state index in [0.29, 0.717) is 6.54 Å². The molecule has 5 nitrogen and oxygen atoms in total. The SMILES string of the molecule is NCc1cccnc1Nc1ccn[nH]1. The molecule has 0 radical (unpaired) electrons. The Labute approximate surface area is 81.4 Å². The van der Waals surface area contributed by atoms with Crippen LogP contribution in [0.5, 0.6) is 0 Å². The van der Waals surface area contributed by atoms with E-state index in [1.807, 2.05) is 18.2 Å². The van der Waals surface area contributed by atoms with E-state index in [9.17, 15) is 0 Å². The first-order valence-electron chi connectivity index (χ1n) is 4.30. The van der Waals surface area contributed by atoms with E-state index in [1.54, 1.807) is 12.4 Å². The number of H-pyrrole nitrogens is 1. The maximum atomic E-state index is 5.57. The molecule has 2 heterocycles. The molecule has 0 aromatic carbocycles. The lowest BCUT2D eigenvalue weighted by molar-refractivity contribution is 1.04. The zero-order chi connectivity index (χ0) is 9.80. The van der Waals surface area contributed by atoms with Crippen molar-refractivity contribution in [3.63, 3.8) is 0 Å². The van der Waals surface area contributed by atoms with Crippen molar-refractivity contribution >= 4 is 11.6 Å². The van der Waals surface area contributed by atoms with Crippen LogP contribution in [0.15, 0.2) is 30.6 Å². The summed E-state index contributed by atoms with van der Waals surface area (Å²) in [6.45, 7) is 0.463. The fourth-order valence-corrected chi connectivity index (χ4v) is 1.17. The van der Waals surface area contributed by atoms with E-state index in [4.69, 9.17) is 5.73 Å². The fourth-order valence-electron chi connectivity index (χ4n) is 1.17. The number of nitrogens with zero attached hydrogens (tertiary/aromatic N) is 2. The summed E-state index contributed by atoms with van der Waals surface area (Å²) in [7, 11) is 0. The number of nitrogens with one attached hydrogen (secondary N) is 2. The molecule has 0 aliphatic heterocycles. The molecule has 0 bridgehead atoms. The Kier molecular flexibility index (Phi) is 2.42. The highest BCUT2D eigenvalue weighted by molar-refractivity contribution is 5.54. The van der Waals surface area contributed by atoms with Gasteiger partial charge in [0.25, 0.3) is 0 Å². The van der Waals surface area contributed by atoms with Crippen LogP contribution in [-0.4, -0.2) is 15.2 Å². The summed E-state index contributed by atoms with van der Waals surface area (Å²) in [5.41, 5.74) is 6.55. The van der Waals surface area contributed by atoms with Gasteiger partial charge in [-0.2, -0.15) is 5.10 Å². The lowest BCUT2D eigenvalue weighted by Gasteiger charge is -2.06. The minimum atomic E-state index is 0.463. The van der Waals surface area contributed by atoms with Crippen LogP contribution in [0.3, 0.4) is 0 Å². The quantitative estimate of drug-likeness (QED) is 0.673. The number of pyridine rings is 1. The van der Waals surface area contributed by atoms with Crippen LogP contribution in [-0.2, 0) is 6.54 Å². The van der Waals surface area contributed by atoms with Gasteiger partial charge in [-0.1, -0.05) is 6.07 Å². The fraction of sp³-hybridized carbons (Fsp3) is 0.111. The molecular formula is C9H11N5. The number of nitrogens with two attached hydrogens (primary N) is 1. The zero-order valence-electron chi connectivity index (χ0n) is 7.57. The molecule has 0 unspecified atom stereocenters. The Hall–Kier alpha value is -1.88. The van der Waals surface area contributed by atoms with E-state index in [2.05, 4.69) is 20.5 Å². The van der Waals surface area contributed by atoms with Crippen molar-refractivity contribution in [2.24, 2.45) is 5.73 Å². The highest BCUT2D eigenvalue weighted by Crippen LogP contribution is 2.15. The monoisotopic (exact) mass is 189 g/mol. The minimum Gasteiger partial charge on any atom is -0.326 e. The summed E-state index contributed by atoms with van der Waals surface area (Å²) in [6, 6.07) is 5.63. The molecule has 72 valence electrons. The molecule has 0 saturated carbocycles. The van der Waals surface area contributed by atoms with Crippen molar-refractivity contribution in [1.82, 2.24) is 15.2 Å². The number of aromatic nitrogens is 3. The highest BCUT2D eigenvalue weighted by Gasteiger charge is 2.01. The second-order valence-electron chi connectivity index (χ2n) is 2.81. The van der Waals surface area contributed by atoms with Crippen LogP contribution in [0.25, 0.3) is 0 Å². The maximum absolute atomic E-state index is 5.57. The van der Waals surface area contributed by atoms with Crippen molar-refractivity contribution in [2.45, 2.75) is 6.54 Å². The summed E-state index contributed by atoms with van der Waals surface area (Å²) in [5.74, 6) is 1.57. The van der Waals surface area contributed by atoms with Crippen LogP contribution < -0.4 is 11.1 Å². The Morgan fingerprint density at radius 2 is 2.29 bits per heavy atom. The summed E-state index contributed by atoms with van der Waals surface area (Å²) in [6.07, 6.45) is 3.39. The van der Waals surface area contributed by atoms with E-state index in [-0.39, 0.29) is 0 Å². The average molecular weight is 189 g/mol. The Bertz CT molecular complexity index is 395. The Morgan fingerprint density at radius 1 is 1.36 bits per heavy atom. The van der Waals surface area contributed by atoms with E-state index < -0.39 is 0 Å². The molecule has 2 aromatic heterocycles. The summed E-state index contributed by atoms with van der Waals surface area (Å²) < 4.78 is 0. The molecule has 0 atom stereocenters. The Balaban J connectivity index is 2.24. The standard InChI is InChI=1S/C9H11N5/c10-6-7-2-1-4-11-9(7)13-8-3-5-12-14-8/h1-5H,6,10H2,(H2,11,12,13,14). The van der Waals surface area contributed by atoms with E-state index >= 15 is 0 Å². The normalized spacial score (nSPS) is 10.1. The second-order valence-corrected chi connectivity index (χ2v) is 2.81. The van der Waals surface area contributed by atoms with Crippen LogP contribution in [0.4, 0.5) is 11.6 Å². The van der Waals surface area contributed by atoms with Gasteiger partial charge in [-0.3, -0.25) is 5.10 Å². The first-order valence-corrected chi connectivity index (χ1v) is 4.30. The largest absolute Gasteiger partial charge is 0.326 e. The number of rotatable bonds is 3. The van der Waals surface area contributed by atoms with Crippen molar-refractivity contribution in [2.75, 3.05) is 5.32 Å². The van der Waals surface area contributed by atoms with Crippen LogP contribution >= 0.6 is 0 Å². The van der Waals surface area contributed by atoms with E-state index in [0.717, 1.165) is 17.2 Å². The molecule has 0 aliphatic rings. The van der Waals surface area contributed by atoms with E-state index in [1.165, 1.54) is 0 Å². The maximum Gasteiger partial charge on any atom is 0.135 e. The Morgan fingerprint density at radius 3 is 3.00 bits per heavy atom. The smallest absolute Gasteiger partial charge is 0.135 e. The van der Waals surface area contributed by atoms with Gasteiger partial charge in [0.15, 0.2) is 0 Å². The number of hydrogen-bond acceptors (Lipinski definition) is 4. The van der Waals surface area contributed by atoms with Crippen LogP contribution in [0.1, 0.15) is 5.56 Å². The van der Waals surface area contributed by atoms with Gasteiger partial charge in [0.1, 0.15) is 11.6 Å². The molecule has 0 fully saturated rings. The number of anilines is 2. The summed E-state index contributed by atoms with van der Waals surface area (Å²) in [5, 5.41) is 9.72. The molecule has 0 saturated heterocycles. The van der Waals surface area contributed by atoms with Crippen molar-refractivity contribution in [1.29, 1.82) is 0 Å². The molecule has 0 spiro atoms. The van der Waals surface area contributed by atoms with Gasteiger partial charge in [-0.15, -0.1) is 0 Å². The van der Waals surface area contributed by atoms with Gasteiger partial charge in [-0.05, 0) is 6.07 Å². The van der Waals surface area contributed by atoms with Crippen molar-refractivity contribution < 1.29 is 0 Å².